The zero-order valence-corrected chi connectivity index (χ0v) is 9.96. The van der Waals surface area contributed by atoms with Crippen molar-refractivity contribution in [3.05, 3.63) is 29.8 Å². The molecule has 0 atom stereocenters. The summed E-state index contributed by atoms with van der Waals surface area (Å²) in [6.45, 7) is 3.87. The molecule has 3 nitrogen and oxygen atoms in total. The molecule has 0 unspecified atom stereocenters. The van der Waals surface area contributed by atoms with E-state index in [9.17, 15) is 4.79 Å². The van der Waals surface area contributed by atoms with Crippen LogP contribution in [0.15, 0.2) is 24.3 Å². The summed E-state index contributed by atoms with van der Waals surface area (Å²) in [5.74, 6) is 0. The molecule has 0 bridgehead atoms. The summed E-state index contributed by atoms with van der Waals surface area (Å²) >= 11 is 3.02. The van der Waals surface area contributed by atoms with Crippen molar-refractivity contribution >= 4 is 26.3 Å². The van der Waals surface area contributed by atoms with Gasteiger partial charge in [0.05, 0.1) is 5.56 Å². The predicted octanol–water partition coefficient (Wildman–Crippen LogP) is 1.63. The Morgan fingerprint density at radius 2 is 1.93 bits per heavy atom. The standard InChI is InChI=1S/C11H13BrN2O/c12-11(15)9-3-1-2-4-10(9)14-7-5-13-6-8-14/h1-4,13H,5-8H2. The van der Waals surface area contributed by atoms with E-state index in [-0.39, 0.29) is 4.69 Å². The Bertz CT molecular complexity index is 361. The van der Waals surface area contributed by atoms with Gasteiger partial charge in [0.25, 0.3) is 0 Å². The van der Waals surface area contributed by atoms with Gasteiger partial charge in [-0.1, -0.05) is 12.1 Å². The van der Waals surface area contributed by atoms with Gasteiger partial charge in [0.1, 0.15) is 0 Å². The van der Waals surface area contributed by atoms with E-state index in [0.29, 0.717) is 0 Å². The Kier molecular flexibility index (Phi) is 3.38. The van der Waals surface area contributed by atoms with Crippen LogP contribution in [-0.2, 0) is 0 Å². The molecule has 0 aliphatic carbocycles. The minimum absolute atomic E-state index is 0.0448. The van der Waals surface area contributed by atoms with Crippen molar-refractivity contribution < 1.29 is 4.79 Å². The Labute approximate surface area is 97.6 Å². The molecule has 1 aliphatic rings. The lowest BCUT2D eigenvalue weighted by Crippen LogP contribution is -2.44. The number of para-hydroxylation sites is 1. The van der Waals surface area contributed by atoms with E-state index >= 15 is 0 Å². The van der Waals surface area contributed by atoms with E-state index in [1.54, 1.807) is 0 Å². The summed E-state index contributed by atoms with van der Waals surface area (Å²) < 4.78 is -0.0448. The molecular weight excluding hydrogens is 256 g/mol. The normalized spacial score (nSPS) is 16.5. The quantitative estimate of drug-likeness (QED) is 0.828. The lowest BCUT2D eigenvalue weighted by Gasteiger charge is -2.30. The summed E-state index contributed by atoms with van der Waals surface area (Å²) in [4.78, 5) is 13.6. The average Bonchev–Trinajstić information content (AvgIpc) is 2.30. The van der Waals surface area contributed by atoms with Gasteiger partial charge in [-0.15, -0.1) is 0 Å². The molecule has 4 heteroatoms. The molecule has 1 fully saturated rings. The highest BCUT2D eigenvalue weighted by molar-refractivity contribution is 9.18. The largest absolute Gasteiger partial charge is 0.368 e. The highest BCUT2D eigenvalue weighted by Gasteiger charge is 2.15. The average molecular weight is 269 g/mol. The van der Waals surface area contributed by atoms with Crippen LogP contribution in [0.5, 0.6) is 0 Å². The SMILES string of the molecule is O=C(Br)c1ccccc1N1CCNCC1. The van der Waals surface area contributed by atoms with Crippen molar-refractivity contribution in [3.8, 4) is 0 Å². The van der Waals surface area contributed by atoms with Gasteiger partial charge in [0.15, 0.2) is 0 Å². The molecule has 2 rings (SSSR count). The topological polar surface area (TPSA) is 32.3 Å². The molecule has 1 aromatic carbocycles. The van der Waals surface area contributed by atoms with Crippen molar-refractivity contribution in [2.45, 2.75) is 0 Å². The maximum Gasteiger partial charge on any atom is 0.230 e. The number of nitrogens with zero attached hydrogens (tertiary/aromatic N) is 1. The number of carbonyl (C=O) groups is 1. The van der Waals surface area contributed by atoms with Crippen LogP contribution >= 0.6 is 15.9 Å². The third-order valence-electron chi connectivity index (χ3n) is 2.57. The third kappa shape index (κ3) is 2.38. The second-order valence-electron chi connectivity index (χ2n) is 3.53. The summed E-state index contributed by atoms with van der Waals surface area (Å²) in [5, 5.41) is 3.29. The van der Waals surface area contributed by atoms with Gasteiger partial charge in [-0.05, 0) is 28.1 Å². The highest BCUT2D eigenvalue weighted by Crippen LogP contribution is 2.22. The molecule has 0 spiro atoms. The number of nitrogens with one attached hydrogen (secondary N) is 1. The second-order valence-corrected chi connectivity index (χ2v) is 4.25. The van der Waals surface area contributed by atoms with Crippen LogP contribution in [0.4, 0.5) is 5.69 Å². The van der Waals surface area contributed by atoms with Gasteiger partial charge in [-0.25, -0.2) is 0 Å². The van der Waals surface area contributed by atoms with E-state index in [1.165, 1.54) is 0 Å². The number of hydrogen-bond acceptors (Lipinski definition) is 3. The van der Waals surface area contributed by atoms with Crippen LogP contribution < -0.4 is 10.2 Å². The van der Waals surface area contributed by atoms with E-state index in [2.05, 4.69) is 26.1 Å². The highest BCUT2D eigenvalue weighted by atomic mass is 79.9. The van der Waals surface area contributed by atoms with Crippen LogP contribution in [0.2, 0.25) is 0 Å². The number of halogens is 1. The van der Waals surface area contributed by atoms with Gasteiger partial charge in [0, 0.05) is 31.9 Å². The molecule has 0 aromatic heterocycles. The summed E-state index contributed by atoms with van der Waals surface area (Å²) in [7, 11) is 0. The third-order valence-corrected chi connectivity index (χ3v) is 3.00. The monoisotopic (exact) mass is 268 g/mol. The molecule has 15 heavy (non-hydrogen) atoms. The minimum Gasteiger partial charge on any atom is -0.368 e. The maximum absolute atomic E-state index is 11.4. The first-order chi connectivity index (χ1) is 7.29. The first-order valence-electron chi connectivity index (χ1n) is 5.03. The van der Waals surface area contributed by atoms with E-state index < -0.39 is 0 Å². The minimum atomic E-state index is -0.0448. The Balaban J connectivity index is 2.29. The van der Waals surface area contributed by atoms with E-state index in [4.69, 9.17) is 0 Å². The molecule has 1 aliphatic heterocycles. The smallest absolute Gasteiger partial charge is 0.230 e. The molecule has 0 amide bonds. The molecule has 1 saturated heterocycles. The Morgan fingerprint density at radius 1 is 1.27 bits per heavy atom. The van der Waals surface area contributed by atoms with Crippen molar-refractivity contribution in [2.24, 2.45) is 0 Å². The molecule has 0 radical (unpaired) electrons. The van der Waals surface area contributed by atoms with Crippen molar-refractivity contribution in [3.63, 3.8) is 0 Å². The lowest BCUT2D eigenvalue weighted by molar-refractivity contribution is 0.109. The van der Waals surface area contributed by atoms with Gasteiger partial charge in [-0.2, -0.15) is 0 Å². The molecule has 0 saturated carbocycles. The number of carbonyl (C=O) groups excluding carboxylic acids is 1. The zero-order valence-electron chi connectivity index (χ0n) is 8.37. The van der Waals surface area contributed by atoms with Crippen LogP contribution in [-0.4, -0.2) is 30.9 Å². The molecule has 80 valence electrons. The summed E-state index contributed by atoms with van der Waals surface area (Å²) in [6.07, 6.45) is 0. The predicted molar refractivity (Wildman–Crippen MR) is 64.8 cm³/mol. The summed E-state index contributed by atoms with van der Waals surface area (Å²) in [6, 6.07) is 7.71. The number of benzene rings is 1. The van der Waals surface area contributed by atoms with Crippen molar-refractivity contribution in [1.82, 2.24) is 5.32 Å². The molecule has 1 heterocycles. The Hall–Kier alpha value is -0.870. The first-order valence-corrected chi connectivity index (χ1v) is 5.83. The number of hydrogen-bond donors (Lipinski definition) is 1. The second kappa shape index (κ2) is 4.77. The lowest BCUT2D eigenvalue weighted by atomic mass is 10.1. The number of anilines is 1. The van der Waals surface area contributed by atoms with Crippen LogP contribution in [0.25, 0.3) is 0 Å². The fourth-order valence-corrected chi connectivity index (χ4v) is 2.16. The van der Waals surface area contributed by atoms with Crippen molar-refractivity contribution in [1.29, 1.82) is 0 Å². The van der Waals surface area contributed by atoms with Crippen molar-refractivity contribution in [2.75, 3.05) is 31.1 Å². The summed E-state index contributed by atoms with van der Waals surface area (Å²) in [5.41, 5.74) is 1.78. The fourth-order valence-electron chi connectivity index (χ4n) is 1.82. The molecule has 1 N–H and O–H groups in total. The van der Waals surface area contributed by atoms with Crippen LogP contribution in [0.3, 0.4) is 0 Å². The van der Waals surface area contributed by atoms with E-state index in [1.807, 2.05) is 24.3 Å². The zero-order chi connectivity index (χ0) is 10.7. The molecule has 1 aromatic rings. The number of rotatable bonds is 2. The number of piperazine rings is 1. The fraction of sp³-hybridized carbons (Fsp3) is 0.364. The van der Waals surface area contributed by atoms with Crippen LogP contribution in [0.1, 0.15) is 10.4 Å². The van der Waals surface area contributed by atoms with Crippen LogP contribution in [0, 0.1) is 0 Å². The first kappa shape index (κ1) is 10.6. The van der Waals surface area contributed by atoms with E-state index in [0.717, 1.165) is 37.4 Å². The van der Waals surface area contributed by atoms with Gasteiger partial charge in [0.2, 0.25) is 4.69 Å². The Morgan fingerprint density at radius 3 is 2.60 bits per heavy atom. The van der Waals surface area contributed by atoms with Gasteiger partial charge >= 0.3 is 0 Å². The maximum atomic E-state index is 11.4. The van der Waals surface area contributed by atoms with Gasteiger partial charge < -0.3 is 10.2 Å². The molecular formula is C11H13BrN2O. The van der Waals surface area contributed by atoms with Gasteiger partial charge in [-0.3, -0.25) is 4.79 Å².